The molecule has 0 radical (unpaired) electrons. The quantitative estimate of drug-likeness (QED) is 0.259. The molecule has 0 aromatic carbocycles. The van der Waals surface area contributed by atoms with Gasteiger partial charge in [0, 0.05) is 6.54 Å². The van der Waals surface area contributed by atoms with Gasteiger partial charge in [-0.05, 0) is 25.5 Å². The summed E-state index contributed by atoms with van der Waals surface area (Å²) < 4.78 is 0. The molecule has 0 aliphatic carbocycles. The van der Waals surface area contributed by atoms with Gasteiger partial charge in [-0.25, -0.2) is 0 Å². The Balaban J connectivity index is 3.00. The standard InChI is InChI=1S/C17H35N/c1-3-5-7-9-11-13-15-17-18-16-14-12-10-8-6-4-2/h16H,3-15,17H2,1-2H3/b18-16+. The molecule has 108 valence electrons. The van der Waals surface area contributed by atoms with Crippen molar-refractivity contribution in [1.82, 2.24) is 0 Å². The van der Waals surface area contributed by atoms with Crippen LogP contribution in [-0.4, -0.2) is 12.8 Å². The maximum Gasteiger partial charge on any atom is 0.0385 e. The molecule has 0 bridgehead atoms. The van der Waals surface area contributed by atoms with Crippen molar-refractivity contribution in [2.24, 2.45) is 4.99 Å². The monoisotopic (exact) mass is 253 g/mol. The molecule has 0 aromatic heterocycles. The smallest absolute Gasteiger partial charge is 0.0385 e. The van der Waals surface area contributed by atoms with Crippen molar-refractivity contribution < 1.29 is 0 Å². The summed E-state index contributed by atoms with van der Waals surface area (Å²) in [7, 11) is 0. The first-order chi connectivity index (χ1) is 8.91. The Kier molecular flexibility index (Phi) is 16.4. The van der Waals surface area contributed by atoms with E-state index in [1.54, 1.807) is 0 Å². The van der Waals surface area contributed by atoms with Crippen LogP contribution in [0, 0.1) is 0 Å². The van der Waals surface area contributed by atoms with Gasteiger partial charge in [0.2, 0.25) is 0 Å². The number of hydrogen-bond acceptors (Lipinski definition) is 1. The Morgan fingerprint density at radius 1 is 0.611 bits per heavy atom. The van der Waals surface area contributed by atoms with Crippen LogP contribution in [0.2, 0.25) is 0 Å². The Morgan fingerprint density at radius 3 is 1.72 bits per heavy atom. The third-order valence-corrected chi connectivity index (χ3v) is 3.46. The summed E-state index contributed by atoms with van der Waals surface area (Å²) in [6, 6.07) is 0. The van der Waals surface area contributed by atoms with Gasteiger partial charge in [-0.15, -0.1) is 0 Å². The Labute approximate surface area is 115 Å². The van der Waals surface area contributed by atoms with Gasteiger partial charge < -0.3 is 0 Å². The average molecular weight is 253 g/mol. The van der Waals surface area contributed by atoms with Crippen molar-refractivity contribution in [1.29, 1.82) is 0 Å². The second-order valence-corrected chi connectivity index (χ2v) is 5.41. The lowest BCUT2D eigenvalue weighted by molar-refractivity contribution is 0.593. The maximum atomic E-state index is 4.50. The molecular weight excluding hydrogens is 218 g/mol. The predicted octanol–water partition coefficient (Wildman–Crippen LogP) is 6.17. The van der Waals surface area contributed by atoms with Gasteiger partial charge in [-0.1, -0.05) is 78.1 Å². The van der Waals surface area contributed by atoms with E-state index in [1.165, 1.54) is 83.5 Å². The molecule has 0 saturated heterocycles. The van der Waals surface area contributed by atoms with E-state index in [9.17, 15) is 0 Å². The fourth-order valence-corrected chi connectivity index (χ4v) is 2.18. The highest BCUT2D eigenvalue weighted by atomic mass is 14.7. The first-order valence-electron chi connectivity index (χ1n) is 8.40. The summed E-state index contributed by atoms with van der Waals surface area (Å²) in [4.78, 5) is 4.50. The highest BCUT2D eigenvalue weighted by Crippen LogP contribution is 2.07. The zero-order valence-electron chi connectivity index (χ0n) is 12.9. The van der Waals surface area contributed by atoms with Crippen LogP contribution in [-0.2, 0) is 0 Å². The Hall–Kier alpha value is -0.330. The SMILES string of the molecule is CCCCCCC/C=N/CCCCCCCCC. The largest absolute Gasteiger partial charge is 0.298 e. The highest BCUT2D eigenvalue weighted by molar-refractivity contribution is 5.56. The maximum absolute atomic E-state index is 4.50. The fourth-order valence-electron chi connectivity index (χ4n) is 2.18. The van der Waals surface area contributed by atoms with E-state index in [0.717, 1.165) is 6.54 Å². The normalized spacial score (nSPS) is 11.4. The second kappa shape index (κ2) is 16.7. The van der Waals surface area contributed by atoms with Gasteiger partial charge >= 0.3 is 0 Å². The Morgan fingerprint density at radius 2 is 1.11 bits per heavy atom. The summed E-state index contributed by atoms with van der Waals surface area (Å²) in [5.74, 6) is 0. The van der Waals surface area contributed by atoms with Gasteiger partial charge in [-0.3, -0.25) is 4.99 Å². The molecule has 0 aliphatic rings. The number of hydrogen-bond donors (Lipinski definition) is 0. The summed E-state index contributed by atoms with van der Waals surface area (Å²) in [6.45, 7) is 5.60. The molecule has 0 unspecified atom stereocenters. The molecule has 1 nitrogen and oxygen atoms in total. The van der Waals surface area contributed by atoms with Crippen molar-refractivity contribution in [3.63, 3.8) is 0 Å². The molecule has 0 saturated carbocycles. The molecule has 0 aliphatic heterocycles. The van der Waals surface area contributed by atoms with Crippen molar-refractivity contribution in [2.75, 3.05) is 6.54 Å². The molecule has 0 atom stereocenters. The molecule has 0 amide bonds. The Bertz CT molecular complexity index is 163. The minimum atomic E-state index is 1.06. The molecule has 0 aromatic rings. The van der Waals surface area contributed by atoms with Crippen LogP contribution in [0.1, 0.15) is 97.3 Å². The van der Waals surface area contributed by atoms with E-state index in [0.29, 0.717) is 0 Å². The topological polar surface area (TPSA) is 12.4 Å². The van der Waals surface area contributed by atoms with Crippen molar-refractivity contribution in [3.8, 4) is 0 Å². The molecule has 18 heavy (non-hydrogen) atoms. The van der Waals surface area contributed by atoms with E-state index in [-0.39, 0.29) is 0 Å². The van der Waals surface area contributed by atoms with Gasteiger partial charge in [0.1, 0.15) is 0 Å². The van der Waals surface area contributed by atoms with Crippen LogP contribution in [0.3, 0.4) is 0 Å². The molecule has 0 spiro atoms. The van der Waals surface area contributed by atoms with E-state index in [2.05, 4.69) is 25.1 Å². The van der Waals surface area contributed by atoms with Gasteiger partial charge in [-0.2, -0.15) is 0 Å². The first-order valence-corrected chi connectivity index (χ1v) is 8.40. The van der Waals surface area contributed by atoms with Gasteiger partial charge in [0.05, 0.1) is 0 Å². The summed E-state index contributed by atoms with van der Waals surface area (Å²) in [6.07, 6.45) is 19.9. The molecule has 0 fully saturated rings. The molecule has 0 N–H and O–H groups in total. The van der Waals surface area contributed by atoms with Crippen molar-refractivity contribution in [2.45, 2.75) is 97.3 Å². The van der Waals surface area contributed by atoms with E-state index < -0.39 is 0 Å². The van der Waals surface area contributed by atoms with Gasteiger partial charge in [0.25, 0.3) is 0 Å². The minimum Gasteiger partial charge on any atom is -0.298 e. The zero-order valence-corrected chi connectivity index (χ0v) is 12.9. The van der Waals surface area contributed by atoms with Crippen LogP contribution in [0.5, 0.6) is 0 Å². The first kappa shape index (κ1) is 17.7. The van der Waals surface area contributed by atoms with Crippen molar-refractivity contribution in [3.05, 3.63) is 0 Å². The summed E-state index contributed by atoms with van der Waals surface area (Å²) in [5, 5.41) is 0. The second-order valence-electron chi connectivity index (χ2n) is 5.41. The third-order valence-electron chi connectivity index (χ3n) is 3.46. The number of rotatable bonds is 14. The van der Waals surface area contributed by atoms with Crippen LogP contribution in [0.25, 0.3) is 0 Å². The molecule has 1 heteroatoms. The van der Waals surface area contributed by atoms with Crippen LogP contribution < -0.4 is 0 Å². The fraction of sp³-hybridized carbons (Fsp3) is 0.941. The van der Waals surface area contributed by atoms with E-state index in [4.69, 9.17) is 0 Å². The van der Waals surface area contributed by atoms with Crippen LogP contribution in [0.15, 0.2) is 4.99 Å². The average Bonchev–Trinajstić information content (AvgIpc) is 2.39. The molecular formula is C17H35N. The third kappa shape index (κ3) is 15.7. The minimum absolute atomic E-state index is 1.06. The zero-order chi connectivity index (χ0) is 13.3. The van der Waals surface area contributed by atoms with Gasteiger partial charge in [0.15, 0.2) is 0 Å². The lowest BCUT2D eigenvalue weighted by Gasteiger charge is -1.99. The lowest BCUT2D eigenvalue weighted by Crippen LogP contribution is -1.85. The lowest BCUT2D eigenvalue weighted by atomic mass is 10.1. The number of unbranched alkanes of at least 4 members (excludes halogenated alkanes) is 11. The number of aliphatic imine (C=N–C) groups is 1. The van der Waals surface area contributed by atoms with E-state index in [1.807, 2.05) is 0 Å². The summed E-state index contributed by atoms with van der Waals surface area (Å²) >= 11 is 0. The number of nitrogens with zero attached hydrogens (tertiary/aromatic N) is 1. The molecule has 0 heterocycles. The highest BCUT2D eigenvalue weighted by Gasteiger charge is 1.90. The molecule has 0 rings (SSSR count). The van der Waals surface area contributed by atoms with E-state index >= 15 is 0 Å². The predicted molar refractivity (Wildman–Crippen MR) is 84.7 cm³/mol. The summed E-state index contributed by atoms with van der Waals surface area (Å²) in [5.41, 5.74) is 0. The van der Waals surface area contributed by atoms with Crippen molar-refractivity contribution >= 4 is 6.21 Å². The van der Waals surface area contributed by atoms with Crippen LogP contribution >= 0.6 is 0 Å². The van der Waals surface area contributed by atoms with Crippen LogP contribution in [0.4, 0.5) is 0 Å².